The molecule has 2 aromatic heterocycles. The van der Waals surface area contributed by atoms with Crippen LogP contribution in [0.1, 0.15) is 16.1 Å². The molecule has 3 rings (SSSR count). The number of aryl methyl sites for hydroxylation is 1. The molecule has 116 valence electrons. The Balaban J connectivity index is 1.95. The number of phenols is 1. The summed E-state index contributed by atoms with van der Waals surface area (Å²) in [5, 5.41) is 21.7. The fourth-order valence-electron chi connectivity index (χ4n) is 2.15. The zero-order valence-corrected chi connectivity index (χ0v) is 12.2. The highest BCUT2D eigenvalue weighted by Gasteiger charge is 2.12. The molecule has 0 unspecified atom stereocenters. The molecule has 0 bridgehead atoms. The number of para-hydroxylation sites is 2. The largest absolute Gasteiger partial charge is 0.506 e. The van der Waals surface area contributed by atoms with Crippen molar-refractivity contribution < 1.29 is 15.0 Å². The third-order valence-electron chi connectivity index (χ3n) is 3.31. The topological polar surface area (TPSA) is 111 Å². The minimum absolute atomic E-state index is 0.0908. The number of phenolic OH excluding ortho intramolecular Hbond substituents is 1. The lowest BCUT2D eigenvalue weighted by molar-refractivity contribution is 0.0691. The van der Waals surface area contributed by atoms with E-state index in [2.05, 4.69) is 20.3 Å². The number of hydrogen-bond donors (Lipinski definition) is 4. The van der Waals surface area contributed by atoms with Crippen molar-refractivity contribution in [1.29, 1.82) is 0 Å². The van der Waals surface area contributed by atoms with Crippen LogP contribution in [-0.4, -0.2) is 31.1 Å². The Morgan fingerprint density at radius 2 is 2.09 bits per heavy atom. The minimum atomic E-state index is -1.03. The van der Waals surface area contributed by atoms with Crippen molar-refractivity contribution in [2.75, 3.05) is 5.32 Å². The molecule has 4 N–H and O–H groups in total. The van der Waals surface area contributed by atoms with Gasteiger partial charge in [0, 0.05) is 18.0 Å². The smallest absolute Gasteiger partial charge is 0.352 e. The van der Waals surface area contributed by atoms with E-state index >= 15 is 0 Å². The molecular formula is C16H14N4O3. The summed E-state index contributed by atoms with van der Waals surface area (Å²) in [6.45, 7) is 1.84. The number of carboxylic acids is 1. The van der Waals surface area contributed by atoms with Gasteiger partial charge in [0.1, 0.15) is 11.4 Å². The van der Waals surface area contributed by atoms with Crippen molar-refractivity contribution in [3.8, 4) is 17.0 Å². The van der Waals surface area contributed by atoms with Crippen molar-refractivity contribution in [3.63, 3.8) is 0 Å². The zero-order chi connectivity index (χ0) is 16.4. The first-order valence-electron chi connectivity index (χ1n) is 6.85. The van der Waals surface area contributed by atoms with Gasteiger partial charge < -0.3 is 20.5 Å². The van der Waals surface area contributed by atoms with Gasteiger partial charge in [0.25, 0.3) is 0 Å². The number of aromatic hydroxyl groups is 1. The second-order valence-electron chi connectivity index (χ2n) is 4.97. The average Bonchev–Trinajstić information content (AvgIpc) is 3.01. The first-order chi connectivity index (χ1) is 11.0. The quantitative estimate of drug-likeness (QED) is 0.551. The Morgan fingerprint density at radius 3 is 2.78 bits per heavy atom. The number of anilines is 2. The molecule has 2 heterocycles. The van der Waals surface area contributed by atoms with Gasteiger partial charge in [0.05, 0.1) is 11.4 Å². The van der Waals surface area contributed by atoms with E-state index in [1.807, 2.05) is 6.92 Å². The number of aromatic carboxylic acids is 1. The monoisotopic (exact) mass is 310 g/mol. The van der Waals surface area contributed by atoms with Crippen molar-refractivity contribution in [1.82, 2.24) is 15.0 Å². The third kappa shape index (κ3) is 2.98. The predicted octanol–water partition coefficient (Wildman–Crippen LogP) is 2.93. The van der Waals surface area contributed by atoms with Crippen LogP contribution in [0.4, 0.5) is 11.6 Å². The Hall–Kier alpha value is -3.35. The minimum Gasteiger partial charge on any atom is -0.506 e. The van der Waals surface area contributed by atoms with E-state index in [0.717, 1.165) is 5.56 Å². The van der Waals surface area contributed by atoms with E-state index in [1.54, 1.807) is 36.7 Å². The fraction of sp³-hybridized carbons (Fsp3) is 0.0625. The summed E-state index contributed by atoms with van der Waals surface area (Å²) in [5.74, 6) is -0.631. The SMILES string of the molecule is Cc1cnc(Nc2ccccc2O)nc1-c1c[nH]c(C(=O)O)c1. The Morgan fingerprint density at radius 1 is 1.30 bits per heavy atom. The number of aromatic nitrogens is 3. The van der Waals surface area contributed by atoms with E-state index in [9.17, 15) is 9.90 Å². The number of H-pyrrole nitrogens is 1. The lowest BCUT2D eigenvalue weighted by Gasteiger charge is -2.09. The molecule has 0 amide bonds. The number of rotatable bonds is 4. The van der Waals surface area contributed by atoms with E-state index in [1.165, 1.54) is 6.07 Å². The highest BCUT2D eigenvalue weighted by atomic mass is 16.4. The molecule has 0 saturated carbocycles. The Bertz CT molecular complexity index is 873. The molecule has 7 heteroatoms. The second kappa shape index (κ2) is 5.80. The normalized spacial score (nSPS) is 10.5. The summed E-state index contributed by atoms with van der Waals surface area (Å²) >= 11 is 0. The lowest BCUT2D eigenvalue weighted by atomic mass is 10.1. The van der Waals surface area contributed by atoms with E-state index < -0.39 is 5.97 Å². The predicted molar refractivity (Wildman–Crippen MR) is 84.9 cm³/mol. The summed E-state index contributed by atoms with van der Waals surface area (Å²) < 4.78 is 0. The van der Waals surface area contributed by atoms with Crippen LogP contribution in [0.2, 0.25) is 0 Å². The highest BCUT2D eigenvalue weighted by Crippen LogP contribution is 2.27. The first-order valence-corrected chi connectivity index (χ1v) is 6.85. The fourth-order valence-corrected chi connectivity index (χ4v) is 2.15. The average molecular weight is 310 g/mol. The van der Waals surface area contributed by atoms with Crippen LogP contribution in [0.3, 0.4) is 0 Å². The van der Waals surface area contributed by atoms with Crippen LogP contribution in [0.25, 0.3) is 11.3 Å². The lowest BCUT2D eigenvalue weighted by Crippen LogP contribution is -2.00. The molecule has 0 atom stereocenters. The molecule has 0 saturated heterocycles. The third-order valence-corrected chi connectivity index (χ3v) is 3.31. The van der Waals surface area contributed by atoms with Crippen LogP contribution in [0.15, 0.2) is 42.7 Å². The maximum Gasteiger partial charge on any atom is 0.352 e. The molecule has 0 aliphatic heterocycles. The van der Waals surface area contributed by atoms with Gasteiger partial charge in [-0.2, -0.15) is 0 Å². The molecule has 0 aliphatic rings. The van der Waals surface area contributed by atoms with Gasteiger partial charge >= 0.3 is 5.97 Å². The molecular weight excluding hydrogens is 296 g/mol. The van der Waals surface area contributed by atoms with E-state index in [0.29, 0.717) is 22.9 Å². The van der Waals surface area contributed by atoms with Gasteiger partial charge in [-0.15, -0.1) is 0 Å². The zero-order valence-electron chi connectivity index (χ0n) is 12.2. The van der Waals surface area contributed by atoms with Crippen LogP contribution < -0.4 is 5.32 Å². The Labute approximate surface area is 131 Å². The van der Waals surface area contributed by atoms with Crippen molar-refractivity contribution in [2.45, 2.75) is 6.92 Å². The van der Waals surface area contributed by atoms with Gasteiger partial charge in [-0.05, 0) is 30.7 Å². The summed E-state index contributed by atoms with van der Waals surface area (Å²) in [6, 6.07) is 8.28. The van der Waals surface area contributed by atoms with E-state index in [-0.39, 0.29) is 11.4 Å². The second-order valence-corrected chi connectivity index (χ2v) is 4.97. The summed E-state index contributed by atoms with van der Waals surface area (Å²) in [7, 11) is 0. The number of hydrogen-bond acceptors (Lipinski definition) is 5. The molecule has 0 radical (unpaired) electrons. The maximum absolute atomic E-state index is 11.0. The summed E-state index contributed by atoms with van der Waals surface area (Å²) in [6.07, 6.45) is 3.22. The van der Waals surface area contributed by atoms with Gasteiger partial charge in [0.15, 0.2) is 0 Å². The molecule has 0 aliphatic carbocycles. The van der Waals surface area contributed by atoms with Gasteiger partial charge in [0.2, 0.25) is 5.95 Å². The number of benzene rings is 1. The molecule has 0 fully saturated rings. The van der Waals surface area contributed by atoms with Crippen LogP contribution in [0.5, 0.6) is 5.75 Å². The number of carbonyl (C=O) groups is 1. The number of carboxylic acid groups (broad SMARTS) is 1. The Kier molecular flexibility index (Phi) is 3.68. The molecule has 23 heavy (non-hydrogen) atoms. The number of nitrogens with one attached hydrogen (secondary N) is 2. The van der Waals surface area contributed by atoms with Crippen LogP contribution >= 0.6 is 0 Å². The maximum atomic E-state index is 11.0. The van der Waals surface area contributed by atoms with E-state index in [4.69, 9.17) is 5.11 Å². The molecule has 3 aromatic rings. The number of nitrogens with zero attached hydrogens (tertiary/aromatic N) is 2. The molecule has 7 nitrogen and oxygen atoms in total. The van der Waals surface area contributed by atoms with Crippen LogP contribution in [-0.2, 0) is 0 Å². The summed E-state index contributed by atoms with van der Waals surface area (Å²) in [5.41, 5.74) is 2.66. The van der Waals surface area contributed by atoms with Crippen LogP contribution in [0, 0.1) is 6.92 Å². The molecule has 0 spiro atoms. The van der Waals surface area contributed by atoms with Gasteiger partial charge in [-0.25, -0.2) is 14.8 Å². The standard InChI is InChI=1S/C16H14N4O3/c1-9-7-18-16(19-11-4-2-3-5-13(11)21)20-14(9)10-6-12(15(22)23)17-8-10/h2-8,17,21H,1H3,(H,22,23)(H,18,19,20). The van der Waals surface area contributed by atoms with Gasteiger partial charge in [-0.1, -0.05) is 12.1 Å². The van der Waals surface area contributed by atoms with Crippen molar-refractivity contribution in [3.05, 3.63) is 54.0 Å². The first kappa shape index (κ1) is 14.6. The van der Waals surface area contributed by atoms with Crippen molar-refractivity contribution >= 4 is 17.6 Å². The molecule has 1 aromatic carbocycles. The van der Waals surface area contributed by atoms with Crippen molar-refractivity contribution in [2.24, 2.45) is 0 Å². The summed E-state index contributed by atoms with van der Waals surface area (Å²) in [4.78, 5) is 22.2. The highest BCUT2D eigenvalue weighted by molar-refractivity contribution is 5.87. The number of aromatic amines is 1. The van der Waals surface area contributed by atoms with Gasteiger partial charge in [-0.3, -0.25) is 0 Å².